The second kappa shape index (κ2) is 9.07. The van der Waals surface area contributed by atoms with E-state index in [0.717, 1.165) is 20.3 Å². The highest BCUT2D eigenvalue weighted by Crippen LogP contribution is 2.20. The van der Waals surface area contributed by atoms with Gasteiger partial charge in [-0.3, -0.25) is 23.5 Å². The summed E-state index contributed by atoms with van der Waals surface area (Å²) in [4.78, 5) is 62.7. The lowest BCUT2D eigenvalue weighted by Crippen LogP contribution is -2.42. The predicted molar refractivity (Wildman–Crippen MR) is 122 cm³/mol. The minimum absolute atomic E-state index is 0.0162. The largest absolute Gasteiger partial charge is 0.454 e. The quantitative estimate of drug-likeness (QED) is 0.446. The van der Waals surface area contributed by atoms with Crippen LogP contribution in [0.1, 0.15) is 47.8 Å². The smallest absolute Gasteiger partial charge is 0.339 e. The number of aryl methyl sites for hydroxylation is 2. The van der Waals surface area contributed by atoms with Gasteiger partial charge < -0.3 is 10.5 Å². The summed E-state index contributed by atoms with van der Waals surface area (Å²) in [5.41, 5.74) is 5.95. The van der Waals surface area contributed by atoms with Crippen molar-refractivity contribution < 1.29 is 19.1 Å². The second-order valence-corrected chi connectivity index (χ2v) is 7.66. The molecule has 0 saturated heterocycles. The average molecular weight is 449 g/mol. The Morgan fingerprint density at radius 1 is 0.909 bits per heavy atom. The van der Waals surface area contributed by atoms with Crippen LogP contribution in [0.15, 0.2) is 52.1 Å². The van der Waals surface area contributed by atoms with Crippen molar-refractivity contribution in [1.82, 2.24) is 9.13 Å². The summed E-state index contributed by atoms with van der Waals surface area (Å²) in [7, 11) is 2.52. The summed E-state index contributed by atoms with van der Waals surface area (Å²) in [6.45, 7) is 2.87. The van der Waals surface area contributed by atoms with Crippen LogP contribution in [0.4, 0.5) is 5.82 Å². The summed E-state index contributed by atoms with van der Waals surface area (Å²) in [5, 5.41) is 0. The maximum Gasteiger partial charge on any atom is 0.339 e. The van der Waals surface area contributed by atoms with E-state index in [1.54, 1.807) is 25.1 Å². The molecule has 170 valence electrons. The molecule has 0 aliphatic heterocycles. The molecule has 0 amide bonds. The van der Waals surface area contributed by atoms with Crippen LogP contribution in [-0.4, -0.2) is 33.3 Å². The molecule has 0 radical (unpaired) electrons. The molecule has 3 aromatic rings. The molecular weight excluding hydrogens is 426 g/mol. The van der Waals surface area contributed by atoms with E-state index in [9.17, 15) is 24.0 Å². The normalized spacial score (nSPS) is 10.7. The zero-order valence-corrected chi connectivity index (χ0v) is 18.7. The topological polar surface area (TPSA) is 130 Å². The van der Waals surface area contributed by atoms with Gasteiger partial charge in [0, 0.05) is 25.2 Å². The number of ketones is 2. The molecule has 2 aromatic carbocycles. The van der Waals surface area contributed by atoms with Crippen molar-refractivity contribution in [2.45, 2.75) is 13.8 Å². The fourth-order valence-electron chi connectivity index (χ4n) is 3.39. The van der Waals surface area contributed by atoms with Gasteiger partial charge in [-0.05, 0) is 31.5 Å². The van der Waals surface area contributed by atoms with E-state index in [2.05, 4.69) is 0 Å². The molecule has 0 unspecified atom stereocenters. The van der Waals surface area contributed by atoms with Gasteiger partial charge >= 0.3 is 11.7 Å². The van der Waals surface area contributed by atoms with Crippen LogP contribution in [0.3, 0.4) is 0 Å². The number of nitrogens with zero attached hydrogens (tertiary/aromatic N) is 2. The van der Waals surface area contributed by atoms with E-state index in [-0.39, 0.29) is 22.7 Å². The number of aromatic nitrogens is 2. The third kappa shape index (κ3) is 4.38. The van der Waals surface area contributed by atoms with E-state index in [1.165, 1.54) is 26.2 Å². The highest BCUT2D eigenvalue weighted by Gasteiger charge is 2.24. The molecule has 9 heteroatoms. The zero-order valence-electron chi connectivity index (χ0n) is 18.7. The molecule has 1 aromatic heterocycles. The lowest BCUT2D eigenvalue weighted by molar-refractivity contribution is 0.0472. The molecule has 0 aliphatic rings. The number of anilines is 1. The summed E-state index contributed by atoms with van der Waals surface area (Å²) >= 11 is 0. The number of benzene rings is 2. The van der Waals surface area contributed by atoms with Gasteiger partial charge in [0.05, 0.1) is 5.56 Å². The molecule has 2 N–H and O–H groups in total. The van der Waals surface area contributed by atoms with Crippen LogP contribution in [0.2, 0.25) is 0 Å². The molecule has 33 heavy (non-hydrogen) atoms. The molecular formula is C24H23N3O6. The summed E-state index contributed by atoms with van der Waals surface area (Å²) < 4.78 is 6.81. The first-order valence-corrected chi connectivity index (χ1v) is 10.0. The number of carbonyl (C=O) groups is 3. The number of rotatable bonds is 6. The lowest BCUT2D eigenvalue weighted by atomic mass is 9.94. The molecule has 0 fully saturated rings. The van der Waals surface area contributed by atoms with E-state index in [1.807, 2.05) is 19.1 Å². The van der Waals surface area contributed by atoms with Gasteiger partial charge in [0.1, 0.15) is 11.4 Å². The Labute approximate surface area is 189 Å². The first-order valence-electron chi connectivity index (χ1n) is 10.0. The summed E-state index contributed by atoms with van der Waals surface area (Å²) in [6.07, 6.45) is 0. The van der Waals surface area contributed by atoms with Crippen molar-refractivity contribution >= 4 is 23.4 Å². The molecule has 1 heterocycles. The first kappa shape index (κ1) is 23.4. The number of esters is 1. The molecule has 0 bridgehead atoms. The van der Waals surface area contributed by atoms with Crippen molar-refractivity contribution in [2.24, 2.45) is 14.1 Å². The second-order valence-electron chi connectivity index (χ2n) is 7.66. The molecule has 0 saturated carbocycles. The van der Waals surface area contributed by atoms with Crippen LogP contribution in [0.25, 0.3) is 0 Å². The molecule has 0 atom stereocenters. The van der Waals surface area contributed by atoms with E-state index < -0.39 is 35.2 Å². The van der Waals surface area contributed by atoms with E-state index >= 15 is 0 Å². The fraction of sp³-hybridized carbons (Fsp3) is 0.208. The summed E-state index contributed by atoms with van der Waals surface area (Å²) in [5.74, 6) is -2.45. The highest BCUT2D eigenvalue weighted by molar-refractivity contribution is 6.15. The molecule has 0 aliphatic carbocycles. The van der Waals surface area contributed by atoms with Gasteiger partial charge in [0.2, 0.25) is 5.78 Å². The Hall–Kier alpha value is -4.27. The Morgan fingerprint density at radius 2 is 1.55 bits per heavy atom. The van der Waals surface area contributed by atoms with Crippen LogP contribution < -0.4 is 17.0 Å². The van der Waals surface area contributed by atoms with Crippen molar-refractivity contribution in [1.29, 1.82) is 0 Å². The average Bonchev–Trinajstić information content (AvgIpc) is 2.81. The number of nitrogens with two attached hydrogens (primary N) is 1. The molecule has 0 spiro atoms. The van der Waals surface area contributed by atoms with Crippen LogP contribution in [0, 0.1) is 13.8 Å². The van der Waals surface area contributed by atoms with Gasteiger partial charge in [-0.15, -0.1) is 0 Å². The number of ether oxygens (including phenoxy) is 1. The van der Waals surface area contributed by atoms with Gasteiger partial charge in [-0.25, -0.2) is 9.59 Å². The van der Waals surface area contributed by atoms with Crippen molar-refractivity contribution in [2.75, 3.05) is 12.3 Å². The first-order chi connectivity index (χ1) is 15.5. The predicted octanol–water partition coefficient (Wildman–Crippen LogP) is 1.55. The summed E-state index contributed by atoms with van der Waals surface area (Å²) in [6, 6.07) is 11.6. The SMILES string of the molecule is Cc1ccc(C)c(C(=O)c2ccccc2C(=O)OCC(=O)c2c(N)n(C)c(=O)n(C)c2=O)c1. The van der Waals surface area contributed by atoms with Crippen LogP contribution in [0.5, 0.6) is 0 Å². The van der Waals surface area contributed by atoms with Gasteiger partial charge in [-0.1, -0.05) is 35.9 Å². The van der Waals surface area contributed by atoms with E-state index in [4.69, 9.17) is 10.5 Å². The Bertz CT molecular complexity index is 1410. The maximum absolute atomic E-state index is 13.1. The number of hydrogen-bond acceptors (Lipinski definition) is 7. The van der Waals surface area contributed by atoms with Crippen molar-refractivity contribution in [3.8, 4) is 0 Å². The molecule has 9 nitrogen and oxygen atoms in total. The third-order valence-electron chi connectivity index (χ3n) is 5.35. The number of hydrogen-bond donors (Lipinski definition) is 1. The maximum atomic E-state index is 13.1. The van der Waals surface area contributed by atoms with Gasteiger partial charge in [0.25, 0.3) is 5.56 Å². The van der Waals surface area contributed by atoms with Gasteiger partial charge in [-0.2, -0.15) is 0 Å². The minimum atomic E-state index is -0.905. The Balaban J connectivity index is 1.88. The Morgan fingerprint density at radius 3 is 2.21 bits per heavy atom. The zero-order chi connectivity index (χ0) is 24.4. The third-order valence-corrected chi connectivity index (χ3v) is 5.35. The standard InChI is InChI=1S/C24H23N3O6/c1-13-9-10-14(2)17(11-13)20(29)15-7-5-6-8-16(15)23(31)33-12-18(28)19-21(25)26(3)24(32)27(4)22(19)30/h5-11H,12,25H2,1-4H3. The fourth-order valence-corrected chi connectivity index (χ4v) is 3.39. The van der Waals surface area contributed by atoms with Crippen LogP contribution >= 0.6 is 0 Å². The monoisotopic (exact) mass is 449 g/mol. The van der Waals surface area contributed by atoms with Crippen LogP contribution in [-0.2, 0) is 18.8 Å². The number of carbonyl (C=O) groups excluding carboxylic acids is 3. The van der Waals surface area contributed by atoms with Crippen molar-refractivity contribution in [3.63, 3.8) is 0 Å². The van der Waals surface area contributed by atoms with E-state index in [0.29, 0.717) is 5.56 Å². The van der Waals surface area contributed by atoms with Gasteiger partial charge in [0.15, 0.2) is 12.4 Å². The van der Waals surface area contributed by atoms with Crippen molar-refractivity contribution in [3.05, 3.63) is 96.7 Å². The number of Topliss-reactive ketones (excluding diaryl/α,β-unsaturated/α-hetero) is 1. The number of nitrogen functional groups attached to an aromatic ring is 1. The highest BCUT2D eigenvalue weighted by atomic mass is 16.5. The lowest BCUT2D eigenvalue weighted by Gasteiger charge is -2.12. The Kier molecular flexibility index (Phi) is 6.43. The molecule has 3 rings (SSSR count). The minimum Gasteiger partial charge on any atom is -0.454 e.